The first-order valence-electron chi connectivity index (χ1n) is 5.91. The smallest absolute Gasteiger partial charge is 0.274 e. The number of hydrogen-bond acceptors (Lipinski definition) is 3. The second kappa shape index (κ2) is 5.09. The van der Waals surface area contributed by atoms with Gasteiger partial charge in [0.2, 0.25) is 0 Å². The van der Waals surface area contributed by atoms with Gasteiger partial charge in [0.05, 0.1) is 11.4 Å². The van der Waals surface area contributed by atoms with Gasteiger partial charge in [0.15, 0.2) is 0 Å². The Bertz CT molecular complexity index is 601. The zero-order chi connectivity index (χ0) is 14.0. The van der Waals surface area contributed by atoms with Crippen LogP contribution in [0, 0.1) is 5.82 Å². The summed E-state index contributed by atoms with van der Waals surface area (Å²) in [7, 11) is 1.67. The number of aromatic nitrogens is 2. The van der Waals surface area contributed by atoms with Crippen molar-refractivity contribution >= 4 is 17.3 Å². The van der Waals surface area contributed by atoms with E-state index in [1.165, 1.54) is 22.9 Å². The summed E-state index contributed by atoms with van der Waals surface area (Å²) in [6.45, 7) is 1.94. The Morgan fingerprint density at radius 1 is 1.53 bits per heavy atom. The van der Waals surface area contributed by atoms with Crippen LogP contribution in [0.1, 0.15) is 23.1 Å². The summed E-state index contributed by atoms with van der Waals surface area (Å²) in [4.78, 5) is 12.1. The highest BCUT2D eigenvalue weighted by Gasteiger charge is 2.15. The molecule has 5 nitrogen and oxygen atoms in total. The van der Waals surface area contributed by atoms with Crippen LogP contribution in [-0.4, -0.2) is 15.7 Å². The number of anilines is 2. The molecule has 0 aliphatic rings. The lowest BCUT2D eigenvalue weighted by Gasteiger charge is -2.08. The highest BCUT2D eigenvalue weighted by Crippen LogP contribution is 2.22. The minimum Gasteiger partial charge on any atom is -0.397 e. The highest BCUT2D eigenvalue weighted by atomic mass is 19.1. The molecule has 0 saturated carbocycles. The fourth-order valence-electron chi connectivity index (χ4n) is 1.76. The van der Waals surface area contributed by atoms with Gasteiger partial charge in [0, 0.05) is 7.05 Å². The first-order valence-corrected chi connectivity index (χ1v) is 5.91. The number of benzene rings is 1. The van der Waals surface area contributed by atoms with E-state index >= 15 is 0 Å². The number of nitrogens with one attached hydrogen (secondary N) is 1. The molecular formula is C13H15FN4O. The van der Waals surface area contributed by atoms with Crippen molar-refractivity contribution < 1.29 is 9.18 Å². The van der Waals surface area contributed by atoms with E-state index in [0.29, 0.717) is 5.69 Å². The minimum absolute atomic E-state index is 0.00764. The van der Waals surface area contributed by atoms with E-state index in [0.717, 1.165) is 12.1 Å². The van der Waals surface area contributed by atoms with E-state index in [1.807, 2.05) is 6.92 Å². The summed E-state index contributed by atoms with van der Waals surface area (Å²) in [6, 6.07) is 5.93. The molecule has 0 atom stereocenters. The molecular weight excluding hydrogens is 247 g/mol. The molecule has 1 amide bonds. The van der Waals surface area contributed by atoms with Crippen molar-refractivity contribution in [1.82, 2.24) is 9.78 Å². The lowest BCUT2D eigenvalue weighted by molar-refractivity contribution is 0.101. The Labute approximate surface area is 110 Å². The van der Waals surface area contributed by atoms with Crippen LogP contribution in [0.4, 0.5) is 15.8 Å². The maximum atomic E-state index is 13.6. The second-order valence-electron chi connectivity index (χ2n) is 4.16. The molecule has 0 bridgehead atoms. The van der Waals surface area contributed by atoms with E-state index < -0.39 is 11.7 Å². The van der Waals surface area contributed by atoms with Gasteiger partial charge in [-0.15, -0.1) is 0 Å². The summed E-state index contributed by atoms with van der Waals surface area (Å²) in [5, 5.41) is 6.64. The van der Waals surface area contributed by atoms with Crippen LogP contribution in [0.3, 0.4) is 0 Å². The van der Waals surface area contributed by atoms with Crippen LogP contribution < -0.4 is 11.1 Å². The number of aryl methyl sites for hydroxylation is 2. The molecule has 100 valence electrons. The molecule has 1 aromatic carbocycles. The molecule has 0 spiro atoms. The number of rotatable bonds is 3. The number of para-hydroxylation sites is 1. The molecule has 0 unspecified atom stereocenters. The molecule has 6 heteroatoms. The fourth-order valence-corrected chi connectivity index (χ4v) is 1.76. The Morgan fingerprint density at radius 3 is 2.84 bits per heavy atom. The molecule has 19 heavy (non-hydrogen) atoms. The van der Waals surface area contributed by atoms with Crippen LogP contribution in [0.5, 0.6) is 0 Å². The van der Waals surface area contributed by atoms with Gasteiger partial charge >= 0.3 is 0 Å². The van der Waals surface area contributed by atoms with Crippen molar-refractivity contribution in [2.75, 3.05) is 11.1 Å². The normalized spacial score (nSPS) is 10.5. The largest absolute Gasteiger partial charge is 0.397 e. The van der Waals surface area contributed by atoms with Crippen molar-refractivity contribution in [3.05, 3.63) is 41.5 Å². The number of amides is 1. The minimum atomic E-state index is -0.564. The van der Waals surface area contributed by atoms with Crippen molar-refractivity contribution in [2.45, 2.75) is 13.3 Å². The molecule has 0 fully saturated rings. The van der Waals surface area contributed by atoms with Gasteiger partial charge in [-0.3, -0.25) is 9.48 Å². The summed E-state index contributed by atoms with van der Waals surface area (Å²) >= 11 is 0. The SMILES string of the molecule is CCc1cc(C(=O)Nc2c(N)cccc2F)n(C)n1. The van der Waals surface area contributed by atoms with Crippen molar-refractivity contribution in [2.24, 2.45) is 7.05 Å². The third-order valence-corrected chi connectivity index (χ3v) is 2.81. The van der Waals surface area contributed by atoms with E-state index in [2.05, 4.69) is 10.4 Å². The highest BCUT2D eigenvalue weighted by molar-refractivity contribution is 6.04. The standard InChI is InChI=1S/C13H15FN4O/c1-3-8-7-11(18(2)17-8)13(19)16-12-9(14)5-4-6-10(12)15/h4-7H,3,15H2,1-2H3,(H,16,19). The van der Waals surface area contributed by atoms with E-state index in [9.17, 15) is 9.18 Å². The average Bonchev–Trinajstić information content (AvgIpc) is 2.75. The Morgan fingerprint density at radius 2 is 2.26 bits per heavy atom. The van der Waals surface area contributed by atoms with Crippen LogP contribution >= 0.6 is 0 Å². The van der Waals surface area contributed by atoms with Gasteiger partial charge in [-0.05, 0) is 24.6 Å². The molecule has 0 aliphatic heterocycles. The zero-order valence-corrected chi connectivity index (χ0v) is 10.8. The molecule has 0 saturated heterocycles. The number of carbonyl (C=O) groups excluding carboxylic acids is 1. The number of halogens is 1. The maximum absolute atomic E-state index is 13.6. The average molecular weight is 262 g/mol. The summed E-state index contributed by atoms with van der Waals surface area (Å²) in [6.07, 6.45) is 0.725. The van der Waals surface area contributed by atoms with Gasteiger partial charge < -0.3 is 11.1 Å². The molecule has 1 heterocycles. The molecule has 3 N–H and O–H groups in total. The van der Waals surface area contributed by atoms with Crippen LogP contribution in [-0.2, 0) is 13.5 Å². The first kappa shape index (κ1) is 13.1. The number of nitrogen functional groups attached to an aromatic ring is 1. The fraction of sp³-hybridized carbons (Fsp3) is 0.231. The molecule has 1 aromatic heterocycles. The number of carbonyl (C=O) groups is 1. The van der Waals surface area contributed by atoms with Gasteiger partial charge in [0.1, 0.15) is 17.2 Å². The van der Waals surface area contributed by atoms with Crippen LogP contribution in [0.15, 0.2) is 24.3 Å². The summed E-state index contributed by atoms with van der Waals surface area (Å²) < 4.78 is 15.0. The van der Waals surface area contributed by atoms with Gasteiger partial charge in [0.25, 0.3) is 5.91 Å². The summed E-state index contributed by atoms with van der Waals surface area (Å²) in [5.74, 6) is -1.00. The number of nitrogens with two attached hydrogens (primary N) is 1. The van der Waals surface area contributed by atoms with Gasteiger partial charge in [-0.1, -0.05) is 13.0 Å². The van der Waals surface area contributed by atoms with E-state index in [1.54, 1.807) is 13.1 Å². The number of hydrogen-bond donors (Lipinski definition) is 2. The first-order chi connectivity index (χ1) is 9.02. The van der Waals surface area contributed by atoms with Crippen LogP contribution in [0.2, 0.25) is 0 Å². The predicted octanol–water partition coefficient (Wildman–Crippen LogP) is 1.96. The Balaban J connectivity index is 2.28. The molecule has 2 rings (SSSR count). The monoisotopic (exact) mass is 262 g/mol. The molecule has 2 aromatic rings. The van der Waals surface area contributed by atoms with E-state index in [4.69, 9.17) is 5.73 Å². The zero-order valence-electron chi connectivity index (χ0n) is 10.8. The third kappa shape index (κ3) is 2.57. The van der Waals surface area contributed by atoms with E-state index in [-0.39, 0.29) is 11.4 Å². The number of nitrogens with zero attached hydrogens (tertiary/aromatic N) is 2. The lowest BCUT2D eigenvalue weighted by Crippen LogP contribution is -2.17. The van der Waals surface area contributed by atoms with Gasteiger partial charge in [-0.25, -0.2) is 4.39 Å². The quantitative estimate of drug-likeness (QED) is 0.830. The second-order valence-corrected chi connectivity index (χ2v) is 4.16. The Kier molecular flexibility index (Phi) is 3.50. The van der Waals surface area contributed by atoms with Crippen molar-refractivity contribution in [3.8, 4) is 0 Å². The van der Waals surface area contributed by atoms with Crippen molar-refractivity contribution in [1.29, 1.82) is 0 Å². The topological polar surface area (TPSA) is 72.9 Å². The molecule has 0 radical (unpaired) electrons. The third-order valence-electron chi connectivity index (χ3n) is 2.81. The van der Waals surface area contributed by atoms with Crippen molar-refractivity contribution in [3.63, 3.8) is 0 Å². The summed E-state index contributed by atoms with van der Waals surface area (Å²) in [5.41, 5.74) is 6.98. The maximum Gasteiger partial charge on any atom is 0.274 e. The predicted molar refractivity (Wildman–Crippen MR) is 71.4 cm³/mol. The lowest BCUT2D eigenvalue weighted by atomic mass is 10.2. The van der Waals surface area contributed by atoms with Gasteiger partial charge in [-0.2, -0.15) is 5.10 Å². The van der Waals surface area contributed by atoms with Crippen LogP contribution in [0.25, 0.3) is 0 Å². The molecule has 0 aliphatic carbocycles. The Hall–Kier alpha value is -2.37.